The summed E-state index contributed by atoms with van der Waals surface area (Å²) in [6, 6.07) is 6.78. The van der Waals surface area contributed by atoms with Crippen LogP contribution < -0.4 is 4.72 Å². The Bertz CT molecular complexity index is 1030. The van der Waals surface area contributed by atoms with Crippen molar-refractivity contribution in [2.24, 2.45) is 5.92 Å². The van der Waals surface area contributed by atoms with Gasteiger partial charge in [-0.3, -0.25) is 9.78 Å². The molecule has 2 aromatic rings. The molecule has 3 rings (SSSR count). The van der Waals surface area contributed by atoms with Crippen molar-refractivity contribution < 1.29 is 26.4 Å². The maximum absolute atomic E-state index is 13.0. The third-order valence-corrected chi connectivity index (χ3v) is 5.55. The molecule has 1 aliphatic rings. The molecular weight excluding hydrogens is 383 g/mol. The van der Waals surface area contributed by atoms with Gasteiger partial charge in [0.1, 0.15) is 0 Å². The first-order chi connectivity index (χ1) is 12.6. The summed E-state index contributed by atoms with van der Waals surface area (Å²) < 4.78 is 65.4. The first-order valence-corrected chi connectivity index (χ1v) is 9.20. The smallest absolute Gasteiger partial charge is 0.274 e. The van der Waals surface area contributed by atoms with Crippen molar-refractivity contribution in [2.45, 2.75) is 23.4 Å². The molecule has 0 spiro atoms. The van der Waals surface area contributed by atoms with E-state index in [0.29, 0.717) is 12.5 Å². The first kappa shape index (κ1) is 18.8. The van der Waals surface area contributed by atoms with Crippen LogP contribution in [0.1, 0.15) is 29.0 Å². The van der Waals surface area contributed by atoms with Gasteiger partial charge in [-0.2, -0.15) is 18.4 Å². The molecule has 1 aromatic heterocycles. The van der Waals surface area contributed by atoms with E-state index in [2.05, 4.69) is 4.98 Å². The monoisotopic (exact) mass is 395 g/mol. The first-order valence-electron chi connectivity index (χ1n) is 7.71. The number of hydrogen-bond donors (Lipinski definition) is 1. The molecule has 10 heteroatoms. The highest BCUT2D eigenvalue weighted by molar-refractivity contribution is 7.90. The van der Waals surface area contributed by atoms with Gasteiger partial charge >= 0.3 is 6.18 Å². The van der Waals surface area contributed by atoms with Crippen LogP contribution in [0.15, 0.2) is 47.6 Å². The number of nitrogens with one attached hydrogen (secondary N) is 1. The molecule has 1 fully saturated rings. The molecule has 27 heavy (non-hydrogen) atoms. The molecule has 6 nitrogen and oxygen atoms in total. The highest BCUT2D eigenvalue weighted by Crippen LogP contribution is 2.47. The fourth-order valence-corrected chi connectivity index (χ4v) is 3.79. The number of nitrogens with zero attached hydrogens (tertiary/aromatic N) is 2. The molecular formula is C17H12F3N3O3S. The Labute approximate surface area is 152 Å². The minimum Gasteiger partial charge on any atom is -0.274 e. The second kappa shape index (κ2) is 6.66. The minimum atomic E-state index is -4.90. The van der Waals surface area contributed by atoms with E-state index in [9.17, 15) is 26.4 Å². The standard InChI is InChI=1S/C17H12F3N3O3S/c18-17(19,20)15-6-12(4-3-10(15)8-21)27(25,26)23-16(24)14-7-13(14)11-2-1-5-22-9-11/h1-6,9,13-14H,7H2,(H,23,24)/t13-,14-/m0/s1. The number of carbonyl (C=O) groups excluding carboxylic acids is 1. The lowest BCUT2D eigenvalue weighted by Gasteiger charge is -2.12. The second-order valence-corrected chi connectivity index (χ2v) is 7.70. The molecule has 1 saturated carbocycles. The van der Waals surface area contributed by atoms with Crippen molar-refractivity contribution in [3.8, 4) is 6.07 Å². The summed E-state index contributed by atoms with van der Waals surface area (Å²) >= 11 is 0. The van der Waals surface area contributed by atoms with Gasteiger partial charge in [0.25, 0.3) is 10.0 Å². The predicted octanol–water partition coefficient (Wildman–Crippen LogP) is 2.58. The van der Waals surface area contributed by atoms with Crippen LogP contribution in [0.4, 0.5) is 13.2 Å². The fourth-order valence-electron chi connectivity index (χ4n) is 2.74. The van der Waals surface area contributed by atoms with Gasteiger partial charge < -0.3 is 0 Å². The lowest BCUT2D eigenvalue weighted by atomic mass is 10.1. The van der Waals surface area contributed by atoms with Crippen LogP contribution in [0.25, 0.3) is 0 Å². The molecule has 0 unspecified atom stereocenters. The number of alkyl halides is 3. The third-order valence-electron chi connectivity index (χ3n) is 4.20. The van der Waals surface area contributed by atoms with Crippen molar-refractivity contribution in [1.82, 2.24) is 9.71 Å². The zero-order chi connectivity index (χ0) is 19.8. The number of benzene rings is 1. The molecule has 0 bridgehead atoms. The van der Waals surface area contributed by atoms with Crippen LogP contribution in [-0.4, -0.2) is 19.3 Å². The molecule has 0 saturated heterocycles. The van der Waals surface area contributed by atoms with Gasteiger partial charge in [0, 0.05) is 18.3 Å². The van der Waals surface area contributed by atoms with E-state index in [1.807, 2.05) is 4.72 Å². The zero-order valence-corrected chi connectivity index (χ0v) is 14.4. The molecule has 1 N–H and O–H groups in total. The maximum Gasteiger partial charge on any atom is 0.417 e. The number of aromatic nitrogens is 1. The molecule has 1 heterocycles. The Morgan fingerprint density at radius 3 is 2.63 bits per heavy atom. The second-order valence-electron chi connectivity index (χ2n) is 6.02. The topological polar surface area (TPSA) is 99.9 Å². The van der Waals surface area contributed by atoms with E-state index in [-0.39, 0.29) is 5.92 Å². The SMILES string of the molecule is N#Cc1ccc(S(=O)(=O)NC(=O)[C@H]2C[C@H]2c2cccnc2)cc1C(F)(F)F. The van der Waals surface area contributed by atoms with Crippen LogP contribution in [0, 0.1) is 17.2 Å². The van der Waals surface area contributed by atoms with Crippen LogP contribution in [-0.2, 0) is 21.0 Å². The number of rotatable bonds is 4. The molecule has 1 aliphatic carbocycles. The maximum atomic E-state index is 13.0. The summed E-state index contributed by atoms with van der Waals surface area (Å²) in [6.07, 6.45) is -1.34. The number of amides is 1. The molecule has 0 aliphatic heterocycles. The lowest BCUT2D eigenvalue weighted by molar-refractivity contribution is -0.137. The summed E-state index contributed by atoms with van der Waals surface area (Å²) in [5, 5.41) is 8.77. The van der Waals surface area contributed by atoms with Gasteiger partial charge in [0.05, 0.1) is 22.1 Å². The Hall–Kier alpha value is -2.93. The van der Waals surface area contributed by atoms with E-state index in [4.69, 9.17) is 5.26 Å². The van der Waals surface area contributed by atoms with E-state index >= 15 is 0 Å². The Balaban J connectivity index is 1.80. The summed E-state index contributed by atoms with van der Waals surface area (Å²) in [7, 11) is -4.50. The van der Waals surface area contributed by atoms with Gasteiger partial charge in [-0.1, -0.05) is 6.07 Å². The van der Waals surface area contributed by atoms with Crippen LogP contribution in [0.5, 0.6) is 0 Å². The van der Waals surface area contributed by atoms with Crippen molar-refractivity contribution in [1.29, 1.82) is 5.26 Å². The largest absolute Gasteiger partial charge is 0.417 e. The zero-order valence-electron chi connectivity index (χ0n) is 13.6. The summed E-state index contributed by atoms with van der Waals surface area (Å²) in [5.74, 6) is -1.56. The van der Waals surface area contributed by atoms with Crippen molar-refractivity contribution in [3.63, 3.8) is 0 Å². The Morgan fingerprint density at radius 2 is 2.04 bits per heavy atom. The fraction of sp³-hybridized carbons (Fsp3) is 0.235. The molecule has 140 valence electrons. The van der Waals surface area contributed by atoms with Crippen LogP contribution >= 0.6 is 0 Å². The molecule has 1 amide bonds. The van der Waals surface area contributed by atoms with Gasteiger partial charge in [0.2, 0.25) is 5.91 Å². The number of carbonyl (C=O) groups is 1. The van der Waals surface area contributed by atoms with E-state index in [0.717, 1.165) is 17.7 Å². The van der Waals surface area contributed by atoms with Crippen LogP contribution in [0.2, 0.25) is 0 Å². The Kier molecular flexibility index (Phi) is 4.65. The van der Waals surface area contributed by atoms with E-state index in [1.54, 1.807) is 24.5 Å². The van der Waals surface area contributed by atoms with Gasteiger partial charge in [-0.15, -0.1) is 0 Å². The predicted molar refractivity (Wildman–Crippen MR) is 86.6 cm³/mol. The Morgan fingerprint density at radius 1 is 1.30 bits per heavy atom. The molecule has 2 atom stereocenters. The average molecular weight is 395 g/mol. The number of pyridine rings is 1. The average Bonchev–Trinajstić information content (AvgIpc) is 3.42. The van der Waals surface area contributed by atoms with E-state index in [1.165, 1.54) is 6.07 Å². The quantitative estimate of drug-likeness (QED) is 0.858. The number of nitriles is 1. The summed E-state index contributed by atoms with van der Waals surface area (Å²) in [6.45, 7) is 0. The highest BCUT2D eigenvalue weighted by Gasteiger charge is 2.45. The van der Waals surface area contributed by atoms with Crippen LogP contribution in [0.3, 0.4) is 0 Å². The molecule has 0 radical (unpaired) electrons. The normalized spacial score (nSPS) is 19.2. The van der Waals surface area contributed by atoms with Gasteiger partial charge in [-0.25, -0.2) is 13.1 Å². The van der Waals surface area contributed by atoms with Crippen molar-refractivity contribution in [2.75, 3.05) is 0 Å². The lowest BCUT2D eigenvalue weighted by Crippen LogP contribution is -2.32. The van der Waals surface area contributed by atoms with Crippen molar-refractivity contribution >= 4 is 15.9 Å². The summed E-state index contributed by atoms with van der Waals surface area (Å²) in [5.41, 5.74) is -1.29. The van der Waals surface area contributed by atoms with Gasteiger partial charge in [-0.05, 0) is 42.2 Å². The number of halogens is 3. The summed E-state index contributed by atoms with van der Waals surface area (Å²) in [4.78, 5) is 15.4. The highest BCUT2D eigenvalue weighted by atomic mass is 32.2. The van der Waals surface area contributed by atoms with Gasteiger partial charge in [0.15, 0.2) is 0 Å². The number of sulfonamides is 1. The third kappa shape index (κ3) is 3.93. The number of hydrogen-bond acceptors (Lipinski definition) is 5. The minimum absolute atomic E-state index is 0.180. The van der Waals surface area contributed by atoms with E-state index < -0.39 is 44.0 Å². The molecule has 1 aromatic carbocycles. The van der Waals surface area contributed by atoms with Crippen molar-refractivity contribution in [3.05, 3.63) is 59.4 Å².